The monoisotopic (exact) mass is 438 g/mol. The van der Waals surface area contributed by atoms with Crippen LogP contribution in [0, 0.1) is 0 Å². The summed E-state index contributed by atoms with van der Waals surface area (Å²) in [7, 11) is -3.84. The quantitative estimate of drug-likeness (QED) is 0.436. The van der Waals surface area contributed by atoms with Crippen LogP contribution in [0.2, 0.25) is 0 Å². The summed E-state index contributed by atoms with van der Waals surface area (Å²) in [5.74, 6) is -0.184. The molecule has 0 aliphatic carbocycles. The summed E-state index contributed by atoms with van der Waals surface area (Å²) in [6.45, 7) is 3.87. The SMILES string of the molecule is CCC(C)NC(=O)c1c(N)n(-c2ccc(S(N)(=O)=O)cc2)c2nc3ccccc3nc12. The lowest BCUT2D eigenvalue weighted by atomic mass is 10.2. The van der Waals surface area contributed by atoms with Crippen molar-refractivity contribution in [1.29, 1.82) is 0 Å². The lowest BCUT2D eigenvalue weighted by molar-refractivity contribution is 0.0941. The van der Waals surface area contributed by atoms with Gasteiger partial charge in [-0.2, -0.15) is 0 Å². The van der Waals surface area contributed by atoms with E-state index in [1.165, 1.54) is 12.1 Å². The minimum absolute atomic E-state index is 0.0300. The number of rotatable bonds is 5. The Balaban J connectivity index is 1.99. The molecule has 160 valence electrons. The van der Waals surface area contributed by atoms with E-state index >= 15 is 0 Å². The fraction of sp³-hybridized carbons (Fsp3) is 0.190. The Labute approximate surface area is 179 Å². The zero-order chi connectivity index (χ0) is 22.3. The maximum absolute atomic E-state index is 13.0. The lowest BCUT2D eigenvalue weighted by Gasteiger charge is -2.12. The molecule has 2 aromatic carbocycles. The molecule has 0 radical (unpaired) electrons. The van der Waals surface area contributed by atoms with Crippen molar-refractivity contribution in [2.24, 2.45) is 5.14 Å². The molecular weight excluding hydrogens is 416 g/mol. The van der Waals surface area contributed by atoms with E-state index in [-0.39, 0.29) is 28.2 Å². The Bertz CT molecular complexity index is 1410. The summed E-state index contributed by atoms with van der Waals surface area (Å²) < 4.78 is 24.8. The average molecular weight is 439 g/mol. The number of anilines is 1. The summed E-state index contributed by atoms with van der Waals surface area (Å²) in [5, 5.41) is 8.12. The van der Waals surface area contributed by atoms with Crippen LogP contribution >= 0.6 is 0 Å². The van der Waals surface area contributed by atoms with E-state index in [0.717, 1.165) is 6.42 Å². The number of para-hydroxylation sites is 2. The standard InChI is InChI=1S/C21H22N6O3S/c1-3-12(2)24-21(28)17-18-20(26-16-7-5-4-6-15(16)25-18)27(19(17)22)13-8-10-14(11-9-13)31(23,29)30/h4-12H,3,22H2,1-2H3,(H,24,28)(H2,23,29,30). The van der Waals surface area contributed by atoms with Gasteiger partial charge in [-0.05, 0) is 49.7 Å². The van der Waals surface area contributed by atoms with Gasteiger partial charge >= 0.3 is 0 Å². The van der Waals surface area contributed by atoms with Gasteiger partial charge in [-0.25, -0.2) is 23.5 Å². The van der Waals surface area contributed by atoms with Gasteiger partial charge in [0.1, 0.15) is 16.9 Å². The normalized spacial score (nSPS) is 12.9. The molecule has 2 heterocycles. The van der Waals surface area contributed by atoms with Gasteiger partial charge in [0.2, 0.25) is 10.0 Å². The number of hydrogen-bond donors (Lipinski definition) is 3. The zero-order valence-electron chi connectivity index (χ0n) is 17.0. The van der Waals surface area contributed by atoms with Crippen molar-refractivity contribution < 1.29 is 13.2 Å². The van der Waals surface area contributed by atoms with Crippen molar-refractivity contribution in [3.8, 4) is 5.69 Å². The topological polar surface area (TPSA) is 146 Å². The maximum atomic E-state index is 13.0. The highest BCUT2D eigenvalue weighted by Crippen LogP contribution is 2.31. The molecule has 2 aromatic heterocycles. The van der Waals surface area contributed by atoms with Crippen LogP contribution in [0.25, 0.3) is 27.9 Å². The van der Waals surface area contributed by atoms with Crippen molar-refractivity contribution in [3.63, 3.8) is 0 Å². The van der Waals surface area contributed by atoms with Crippen LogP contribution in [0.4, 0.5) is 5.82 Å². The van der Waals surface area contributed by atoms with Gasteiger partial charge in [-0.1, -0.05) is 19.1 Å². The maximum Gasteiger partial charge on any atom is 0.257 e. The molecular formula is C21H22N6O3S. The average Bonchev–Trinajstić information content (AvgIpc) is 3.02. The fourth-order valence-electron chi connectivity index (χ4n) is 3.33. The van der Waals surface area contributed by atoms with Crippen LogP contribution in [0.5, 0.6) is 0 Å². The number of sulfonamides is 1. The van der Waals surface area contributed by atoms with Crippen molar-refractivity contribution in [2.45, 2.75) is 31.2 Å². The van der Waals surface area contributed by atoms with Crippen molar-refractivity contribution in [3.05, 3.63) is 54.1 Å². The first-order valence-corrected chi connectivity index (χ1v) is 11.3. The van der Waals surface area contributed by atoms with Gasteiger partial charge < -0.3 is 11.1 Å². The molecule has 5 N–H and O–H groups in total. The number of primary sulfonamides is 1. The number of nitrogens with one attached hydrogen (secondary N) is 1. The molecule has 0 bridgehead atoms. The van der Waals surface area contributed by atoms with E-state index in [2.05, 4.69) is 15.3 Å². The first-order valence-electron chi connectivity index (χ1n) is 9.71. The number of nitrogens with zero attached hydrogens (tertiary/aromatic N) is 3. The van der Waals surface area contributed by atoms with Crippen molar-refractivity contribution >= 4 is 43.9 Å². The van der Waals surface area contributed by atoms with E-state index in [1.807, 2.05) is 38.1 Å². The number of nitrogens with two attached hydrogens (primary N) is 2. The third kappa shape index (κ3) is 3.71. The first kappa shape index (κ1) is 20.8. The van der Waals surface area contributed by atoms with Crippen molar-refractivity contribution in [2.75, 3.05) is 5.73 Å². The predicted octanol–water partition coefficient (Wildman–Crippen LogP) is 2.33. The Morgan fingerprint density at radius 2 is 1.71 bits per heavy atom. The molecule has 4 aromatic rings. The number of fused-ring (bicyclic) bond motifs is 2. The molecule has 9 nitrogen and oxygen atoms in total. The Morgan fingerprint density at radius 3 is 2.29 bits per heavy atom. The predicted molar refractivity (Wildman–Crippen MR) is 119 cm³/mol. The number of amides is 1. The second kappa shape index (κ2) is 7.64. The highest BCUT2D eigenvalue weighted by Gasteiger charge is 2.25. The number of carbonyl (C=O) groups excluding carboxylic acids is 1. The Morgan fingerprint density at radius 1 is 1.10 bits per heavy atom. The molecule has 0 saturated heterocycles. The number of nitrogen functional groups attached to an aromatic ring is 1. The summed E-state index contributed by atoms with van der Waals surface area (Å²) in [4.78, 5) is 22.4. The van der Waals surface area contributed by atoms with Gasteiger partial charge in [0, 0.05) is 11.7 Å². The molecule has 0 fully saturated rings. The van der Waals surface area contributed by atoms with Crippen LogP contribution in [-0.4, -0.2) is 34.9 Å². The third-order valence-corrected chi connectivity index (χ3v) is 6.07. The van der Waals surface area contributed by atoms with Crippen LogP contribution in [0.15, 0.2) is 53.4 Å². The molecule has 10 heteroatoms. The Hall–Kier alpha value is -3.50. The van der Waals surface area contributed by atoms with E-state index in [4.69, 9.17) is 10.9 Å². The molecule has 31 heavy (non-hydrogen) atoms. The molecule has 4 rings (SSSR count). The molecule has 0 saturated carbocycles. The van der Waals surface area contributed by atoms with Crippen LogP contribution in [0.1, 0.15) is 30.6 Å². The van der Waals surface area contributed by atoms with E-state index in [9.17, 15) is 13.2 Å². The number of hydrogen-bond acceptors (Lipinski definition) is 6. The third-order valence-electron chi connectivity index (χ3n) is 5.14. The number of aromatic nitrogens is 3. The second-order valence-corrected chi connectivity index (χ2v) is 8.86. The summed E-state index contributed by atoms with van der Waals surface area (Å²) in [5.41, 5.74) is 9.23. The minimum atomic E-state index is -3.84. The van der Waals surface area contributed by atoms with Crippen LogP contribution < -0.4 is 16.2 Å². The van der Waals surface area contributed by atoms with E-state index < -0.39 is 10.0 Å². The molecule has 0 aliphatic heterocycles. The highest BCUT2D eigenvalue weighted by atomic mass is 32.2. The summed E-state index contributed by atoms with van der Waals surface area (Å²) in [6, 6.07) is 13.1. The minimum Gasteiger partial charge on any atom is -0.384 e. The largest absolute Gasteiger partial charge is 0.384 e. The summed E-state index contributed by atoms with van der Waals surface area (Å²) >= 11 is 0. The number of benzene rings is 2. The molecule has 1 atom stereocenters. The lowest BCUT2D eigenvalue weighted by Crippen LogP contribution is -2.32. The molecule has 0 spiro atoms. The first-order chi connectivity index (χ1) is 14.7. The molecule has 0 aliphatic rings. The Kier molecular flexibility index (Phi) is 5.11. The van der Waals surface area contributed by atoms with Crippen LogP contribution in [-0.2, 0) is 10.0 Å². The second-order valence-electron chi connectivity index (χ2n) is 7.30. The van der Waals surface area contributed by atoms with Gasteiger partial charge in [0.05, 0.1) is 15.9 Å². The smallest absolute Gasteiger partial charge is 0.257 e. The number of carbonyl (C=O) groups is 1. The van der Waals surface area contributed by atoms with Crippen LogP contribution in [0.3, 0.4) is 0 Å². The molecule has 1 amide bonds. The summed E-state index contributed by atoms with van der Waals surface area (Å²) in [6.07, 6.45) is 0.758. The van der Waals surface area contributed by atoms with Gasteiger partial charge in [-0.3, -0.25) is 9.36 Å². The van der Waals surface area contributed by atoms with Gasteiger partial charge in [0.15, 0.2) is 5.65 Å². The fourth-order valence-corrected chi connectivity index (χ4v) is 3.85. The van der Waals surface area contributed by atoms with E-state index in [0.29, 0.717) is 27.9 Å². The van der Waals surface area contributed by atoms with Crippen molar-refractivity contribution in [1.82, 2.24) is 19.9 Å². The molecule has 1 unspecified atom stereocenters. The van der Waals surface area contributed by atoms with Gasteiger partial charge in [0.25, 0.3) is 5.91 Å². The zero-order valence-corrected chi connectivity index (χ0v) is 17.8. The highest BCUT2D eigenvalue weighted by molar-refractivity contribution is 7.89. The van der Waals surface area contributed by atoms with E-state index in [1.54, 1.807) is 16.7 Å². The van der Waals surface area contributed by atoms with Gasteiger partial charge in [-0.15, -0.1) is 0 Å².